The third-order valence-corrected chi connectivity index (χ3v) is 9.75. The Labute approximate surface area is 208 Å². The molecular weight excluding hydrogens is 502 g/mol. The number of aliphatic hydroxyl groups excluding tert-OH is 1. The minimum Gasteiger partial charge on any atom is -1.00 e. The molecule has 157 valence electrons. The molecule has 1 nitrogen and oxygen atoms in total. The third kappa shape index (κ3) is 4.21. The molecule has 4 heteroatoms. The first-order valence-corrected chi connectivity index (χ1v) is 13.0. The largest absolute Gasteiger partial charge is 1.00 e. The SMILES string of the molecule is C[C](C)=[Zr+2][CH]1c2ccccc2-c2cccc(C3C=C(CCO)c4ccccc43)c21.[Cl-].[Cl-]. The third-order valence-electron chi connectivity index (χ3n) is 6.15. The van der Waals surface area contributed by atoms with Crippen LogP contribution in [-0.4, -0.2) is 14.9 Å². The molecule has 0 radical (unpaired) electrons. The molecule has 3 aromatic rings. The zero-order valence-corrected chi connectivity index (χ0v) is 21.7. The van der Waals surface area contributed by atoms with Crippen molar-refractivity contribution < 1.29 is 52.7 Å². The van der Waals surface area contributed by atoms with Crippen molar-refractivity contribution in [2.24, 2.45) is 0 Å². The minimum absolute atomic E-state index is 0. The average molecular weight is 528 g/mol. The van der Waals surface area contributed by atoms with Crippen LogP contribution < -0.4 is 24.8 Å². The van der Waals surface area contributed by atoms with E-state index < -0.39 is 22.8 Å². The van der Waals surface area contributed by atoms with Crippen molar-refractivity contribution in [3.05, 3.63) is 101 Å². The molecule has 3 aromatic carbocycles. The molecule has 0 saturated carbocycles. The standard InChI is InChI=1S/C24H19O.C3H6.2ClH.Zr/c25-13-12-17-15-24(20-9-4-3-8-19(17)20)22-11-5-10-21-18-7-2-1-6-16(18)14-23(21)22;1-3-2;;;/h1-11,14-15,24-25H,12-13H2;1-2H3;2*1H;/q;;;;+2/p-2. The summed E-state index contributed by atoms with van der Waals surface area (Å²) in [5.41, 5.74) is 11.4. The van der Waals surface area contributed by atoms with Gasteiger partial charge in [0.15, 0.2) is 0 Å². The van der Waals surface area contributed by atoms with Crippen molar-refractivity contribution in [1.82, 2.24) is 0 Å². The van der Waals surface area contributed by atoms with E-state index >= 15 is 0 Å². The van der Waals surface area contributed by atoms with Gasteiger partial charge in [-0.25, -0.2) is 0 Å². The van der Waals surface area contributed by atoms with Crippen molar-refractivity contribution in [1.29, 1.82) is 0 Å². The van der Waals surface area contributed by atoms with Crippen LogP contribution in [0.1, 0.15) is 57.6 Å². The van der Waals surface area contributed by atoms with Crippen molar-refractivity contribution >= 4 is 8.78 Å². The van der Waals surface area contributed by atoms with E-state index in [1.807, 2.05) is 0 Å². The van der Waals surface area contributed by atoms with Crippen LogP contribution in [0.4, 0.5) is 0 Å². The van der Waals surface area contributed by atoms with Gasteiger partial charge in [0.2, 0.25) is 0 Å². The summed E-state index contributed by atoms with van der Waals surface area (Å²) in [6.07, 6.45) is 3.13. The molecule has 2 aliphatic rings. The fraction of sp³-hybridized carbons (Fsp3) is 0.222. The van der Waals surface area contributed by atoms with E-state index in [1.54, 1.807) is 8.77 Å². The van der Waals surface area contributed by atoms with Crippen molar-refractivity contribution in [3.8, 4) is 11.1 Å². The maximum Gasteiger partial charge on any atom is -1.00 e. The first-order chi connectivity index (χ1) is 14.2. The van der Waals surface area contributed by atoms with Crippen LogP contribution in [0.5, 0.6) is 0 Å². The molecule has 5 rings (SSSR count). The number of aliphatic hydroxyl groups is 1. The van der Waals surface area contributed by atoms with Crippen LogP contribution in [0.3, 0.4) is 0 Å². The fourth-order valence-corrected chi connectivity index (χ4v) is 8.60. The fourth-order valence-electron chi connectivity index (χ4n) is 5.04. The van der Waals surface area contributed by atoms with E-state index in [-0.39, 0.29) is 37.3 Å². The molecular formula is C27H25Cl2OZr. The molecule has 31 heavy (non-hydrogen) atoms. The normalized spacial score (nSPS) is 17.3. The summed E-state index contributed by atoms with van der Waals surface area (Å²) in [6.45, 7) is 4.84. The first-order valence-electron chi connectivity index (χ1n) is 10.4. The van der Waals surface area contributed by atoms with Crippen LogP contribution in [-0.2, 0) is 22.8 Å². The number of fused-ring (bicyclic) bond motifs is 4. The van der Waals surface area contributed by atoms with E-state index in [2.05, 4.69) is 86.7 Å². The Kier molecular flexibility index (Phi) is 7.92. The Balaban J connectivity index is 0.00000136. The number of benzene rings is 3. The maximum atomic E-state index is 9.59. The van der Waals surface area contributed by atoms with Crippen LogP contribution in [0.25, 0.3) is 16.7 Å². The summed E-state index contributed by atoms with van der Waals surface area (Å²) in [4.78, 5) is 0. The number of rotatable bonds is 4. The number of hydrogen-bond donors (Lipinski definition) is 1. The summed E-state index contributed by atoms with van der Waals surface area (Å²) in [5, 5.41) is 9.59. The molecule has 0 heterocycles. The Morgan fingerprint density at radius 1 is 0.774 bits per heavy atom. The van der Waals surface area contributed by atoms with E-state index in [0.29, 0.717) is 3.63 Å². The first kappa shape index (κ1) is 24.3. The molecule has 0 saturated heterocycles. The quantitative estimate of drug-likeness (QED) is 0.506. The van der Waals surface area contributed by atoms with Crippen LogP contribution in [0.15, 0.2) is 72.8 Å². The number of hydrogen-bond acceptors (Lipinski definition) is 1. The van der Waals surface area contributed by atoms with Gasteiger partial charge >= 0.3 is 185 Å². The van der Waals surface area contributed by atoms with Gasteiger partial charge < -0.3 is 24.8 Å². The Hall–Kier alpha value is -1.31. The van der Waals surface area contributed by atoms with Crippen LogP contribution >= 0.6 is 0 Å². The minimum atomic E-state index is -0.715. The summed E-state index contributed by atoms with van der Waals surface area (Å²) in [5.74, 6) is 0.288. The zero-order chi connectivity index (χ0) is 20.0. The van der Waals surface area contributed by atoms with Gasteiger partial charge in [-0.1, -0.05) is 0 Å². The topological polar surface area (TPSA) is 20.2 Å². The van der Waals surface area contributed by atoms with Gasteiger partial charge in [0.05, 0.1) is 0 Å². The molecule has 0 aliphatic heterocycles. The van der Waals surface area contributed by atoms with Gasteiger partial charge in [0.1, 0.15) is 0 Å². The molecule has 2 unspecified atom stereocenters. The van der Waals surface area contributed by atoms with Gasteiger partial charge in [-0.15, -0.1) is 0 Å². The molecule has 1 N–H and O–H groups in total. The maximum absolute atomic E-state index is 9.59. The smallest absolute Gasteiger partial charge is 1.00 e. The monoisotopic (exact) mass is 525 g/mol. The summed E-state index contributed by atoms with van der Waals surface area (Å²) in [6, 6.07) is 24.7. The van der Waals surface area contributed by atoms with E-state index in [4.69, 9.17) is 0 Å². The Morgan fingerprint density at radius 3 is 2.10 bits per heavy atom. The van der Waals surface area contributed by atoms with Crippen LogP contribution in [0, 0.1) is 0 Å². The summed E-state index contributed by atoms with van der Waals surface area (Å²) < 4.78 is 2.23. The molecule has 0 fully saturated rings. The molecule has 2 atom stereocenters. The molecule has 2 aliphatic carbocycles. The van der Waals surface area contributed by atoms with Gasteiger partial charge in [-0.2, -0.15) is 0 Å². The number of halogens is 2. The second-order valence-corrected chi connectivity index (χ2v) is 12.8. The molecule has 0 amide bonds. The Bertz CT molecular complexity index is 1160. The zero-order valence-electron chi connectivity index (χ0n) is 17.7. The van der Waals surface area contributed by atoms with E-state index in [1.165, 1.54) is 39.0 Å². The average Bonchev–Trinajstić information content (AvgIpc) is 3.25. The summed E-state index contributed by atoms with van der Waals surface area (Å²) in [7, 11) is 0. The molecule has 0 spiro atoms. The van der Waals surface area contributed by atoms with Gasteiger partial charge in [0, 0.05) is 0 Å². The molecule has 0 bridgehead atoms. The van der Waals surface area contributed by atoms with E-state index in [9.17, 15) is 5.11 Å². The molecule has 0 aromatic heterocycles. The number of allylic oxidation sites excluding steroid dienone is 1. The van der Waals surface area contributed by atoms with Crippen LogP contribution in [0.2, 0.25) is 0 Å². The second kappa shape index (κ2) is 10.1. The van der Waals surface area contributed by atoms with Gasteiger partial charge in [-0.05, 0) is 0 Å². The predicted octanol–water partition coefficient (Wildman–Crippen LogP) is -0.0296. The van der Waals surface area contributed by atoms with Crippen molar-refractivity contribution in [3.63, 3.8) is 0 Å². The van der Waals surface area contributed by atoms with Crippen molar-refractivity contribution in [2.75, 3.05) is 6.61 Å². The second-order valence-electron chi connectivity index (χ2n) is 8.20. The van der Waals surface area contributed by atoms with Crippen molar-refractivity contribution in [2.45, 2.75) is 29.8 Å². The Morgan fingerprint density at radius 2 is 1.39 bits per heavy atom. The predicted molar refractivity (Wildman–Crippen MR) is 118 cm³/mol. The van der Waals surface area contributed by atoms with Gasteiger partial charge in [-0.3, -0.25) is 0 Å². The van der Waals surface area contributed by atoms with E-state index in [0.717, 1.165) is 6.42 Å². The van der Waals surface area contributed by atoms with Gasteiger partial charge in [0.25, 0.3) is 0 Å². The summed E-state index contributed by atoms with van der Waals surface area (Å²) >= 11 is -0.715.